The summed E-state index contributed by atoms with van der Waals surface area (Å²) in [6, 6.07) is 5.51. The van der Waals surface area contributed by atoms with Crippen molar-refractivity contribution < 1.29 is 9.90 Å². The molecule has 0 saturated carbocycles. The Morgan fingerprint density at radius 2 is 2.20 bits per heavy atom. The number of hydrogen-bond donors (Lipinski definition) is 1. The highest BCUT2D eigenvalue weighted by molar-refractivity contribution is 7.99. The predicted molar refractivity (Wildman–Crippen MR) is 63.7 cm³/mol. The lowest BCUT2D eigenvalue weighted by Gasteiger charge is -2.09. The van der Waals surface area contributed by atoms with Gasteiger partial charge in [-0.25, -0.2) is 4.79 Å². The van der Waals surface area contributed by atoms with Gasteiger partial charge in [-0.15, -0.1) is 11.8 Å². The molecule has 1 aromatic rings. The Kier molecular flexibility index (Phi) is 4.21. The Balaban J connectivity index is 2.87. The van der Waals surface area contributed by atoms with Crippen molar-refractivity contribution in [3.8, 4) is 0 Å². The first-order chi connectivity index (χ1) is 7.04. The van der Waals surface area contributed by atoms with Crippen LogP contribution in [0.1, 0.15) is 36.2 Å². The van der Waals surface area contributed by atoms with E-state index in [0.717, 1.165) is 16.9 Å². The molecule has 3 heteroatoms. The van der Waals surface area contributed by atoms with Gasteiger partial charge in [0.1, 0.15) is 0 Å². The van der Waals surface area contributed by atoms with E-state index in [1.165, 1.54) is 0 Å². The standard InChI is InChI=1S/C12H16O2S/c1-4-9(3)15-10-5-6-11(12(13)14)8(2)7-10/h5-7,9H,4H2,1-3H3,(H,13,14). The zero-order valence-corrected chi connectivity index (χ0v) is 10.1. The summed E-state index contributed by atoms with van der Waals surface area (Å²) in [5, 5.41) is 9.45. The minimum Gasteiger partial charge on any atom is -0.478 e. The van der Waals surface area contributed by atoms with Crippen molar-refractivity contribution in [2.24, 2.45) is 0 Å². The van der Waals surface area contributed by atoms with E-state index in [1.54, 1.807) is 17.8 Å². The van der Waals surface area contributed by atoms with E-state index in [-0.39, 0.29) is 0 Å². The van der Waals surface area contributed by atoms with Crippen molar-refractivity contribution in [2.75, 3.05) is 0 Å². The van der Waals surface area contributed by atoms with E-state index in [1.807, 2.05) is 19.1 Å². The molecule has 0 saturated heterocycles. The second-order valence-corrected chi connectivity index (χ2v) is 5.13. The Morgan fingerprint density at radius 3 is 2.67 bits per heavy atom. The smallest absolute Gasteiger partial charge is 0.335 e. The minimum atomic E-state index is -0.854. The average molecular weight is 224 g/mol. The first-order valence-corrected chi connectivity index (χ1v) is 5.93. The lowest BCUT2D eigenvalue weighted by Crippen LogP contribution is -2.00. The van der Waals surface area contributed by atoms with Gasteiger partial charge in [0.25, 0.3) is 0 Å². The maximum atomic E-state index is 10.8. The van der Waals surface area contributed by atoms with Crippen molar-refractivity contribution in [2.45, 2.75) is 37.3 Å². The number of carbonyl (C=O) groups is 1. The third-order valence-electron chi connectivity index (χ3n) is 2.34. The van der Waals surface area contributed by atoms with Gasteiger partial charge in [-0.2, -0.15) is 0 Å². The monoisotopic (exact) mass is 224 g/mol. The first kappa shape index (κ1) is 12.1. The van der Waals surface area contributed by atoms with Gasteiger partial charge in [-0.1, -0.05) is 13.8 Å². The molecular weight excluding hydrogens is 208 g/mol. The fourth-order valence-corrected chi connectivity index (χ4v) is 2.29. The van der Waals surface area contributed by atoms with E-state index in [4.69, 9.17) is 5.11 Å². The van der Waals surface area contributed by atoms with Crippen LogP contribution in [0.5, 0.6) is 0 Å². The summed E-state index contributed by atoms with van der Waals surface area (Å²) in [6.45, 7) is 6.16. The van der Waals surface area contributed by atoms with Crippen LogP contribution in [0.15, 0.2) is 23.1 Å². The Hall–Kier alpha value is -0.960. The van der Waals surface area contributed by atoms with Crippen LogP contribution < -0.4 is 0 Å². The second kappa shape index (κ2) is 5.21. The van der Waals surface area contributed by atoms with Crippen molar-refractivity contribution >= 4 is 17.7 Å². The number of benzene rings is 1. The molecule has 0 amide bonds. The van der Waals surface area contributed by atoms with Crippen LogP contribution in [0.25, 0.3) is 0 Å². The minimum absolute atomic E-state index is 0.392. The van der Waals surface area contributed by atoms with Gasteiger partial charge in [-0.05, 0) is 37.1 Å². The van der Waals surface area contributed by atoms with Gasteiger partial charge in [0.05, 0.1) is 5.56 Å². The van der Waals surface area contributed by atoms with Gasteiger partial charge in [-0.3, -0.25) is 0 Å². The van der Waals surface area contributed by atoms with E-state index in [0.29, 0.717) is 10.8 Å². The summed E-state index contributed by atoms with van der Waals surface area (Å²) < 4.78 is 0. The molecule has 0 aliphatic carbocycles. The molecule has 0 aliphatic rings. The van der Waals surface area contributed by atoms with Gasteiger partial charge in [0, 0.05) is 10.1 Å². The van der Waals surface area contributed by atoms with E-state index < -0.39 is 5.97 Å². The van der Waals surface area contributed by atoms with E-state index in [9.17, 15) is 4.79 Å². The van der Waals surface area contributed by atoms with E-state index >= 15 is 0 Å². The molecule has 1 rings (SSSR count). The highest BCUT2D eigenvalue weighted by Crippen LogP contribution is 2.26. The lowest BCUT2D eigenvalue weighted by atomic mass is 10.1. The van der Waals surface area contributed by atoms with Gasteiger partial charge in [0.2, 0.25) is 0 Å². The Labute approximate surface area is 94.7 Å². The quantitative estimate of drug-likeness (QED) is 0.794. The molecule has 0 bridgehead atoms. The number of aromatic carboxylic acids is 1. The maximum absolute atomic E-state index is 10.8. The largest absolute Gasteiger partial charge is 0.478 e. The molecule has 2 nitrogen and oxygen atoms in total. The first-order valence-electron chi connectivity index (χ1n) is 5.05. The van der Waals surface area contributed by atoms with Crippen molar-refractivity contribution in [1.82, 2.24) is 0 Å². The molecule has 1 aromatic carbocycles. The Morgan fingerprint density at radius 1 is 1.53 bits per heavy atom. The van der Waals surface area contributed by atoms with Crippen LogP contribution in [0.4, 0.5) is 0 Å². The number of hydrogen-bond acceptors (Lipinski definition) is 2. The topological polar surface area (TPSA) is 37.3 Å². The van der Waals surface area contributed by atoms with Gasteiger partial charge in [0.15, 0.2) is 0 Å². The molecule has 15 heavy (non-hydrogen) atoms. The average Bonchev–Trinajstić information content (AvgIpc) is 2.17. The summed E-state index contributed by atoms with van der Waals surface area (Å²) in [5.74, 6) is -0.854. The summed E-state index contributed by atoms with van der Waals surface area (Å²) in [6.07, 6.45) is 1.12. The normalized spacial score (nSPS) is 12.5. The molecule has 0 heterocycles. The molecule has 0 radical (unpaired) electrons. The maximum Gasteiger partial charge on any atom is 0.335 e. The summed E-state index contributed by atoms with van der Waals surface area (Å²) in [4.78, 5) is 11.9. The zero-order valence-electron chi connectivity index (χ0n) is 9.28. The lowest BCUT2D eigenvalue weighted by molar-refractivity contribution is 0.0696. The molecule has 0 spiro atoms. The van der Waals surface area contributed by atoms with Gasteiger partial charge < -0.3 is 5.11 Å². The van der Waals surface area contributed by atoms with Crippen LogP contribution in [0.2, 0.25) is 0 Å². The number of thioether (sulfide) groups is 1. The van der Waals surface area contributed by atoms with Crippen molar-refractivity contribution in [3.63, 3.8) is 0 Å². The molecule has 0 aromatic heterocycles. The molecule has 1 unspecified atom stereocenters. The third-order valence-corrected chi connectivity index (χ3v) is 3.60. The predicted octanol–water partition coefficient (Wildman–Crippen LogP) is 3.58. The van der Waals surface area contributed by atoms with Crippen LogP contribution in [-0.4, -0.2) is 16.3 Å². The molecule has 1 N–H and O–H groups in total. The summed E-state index contributed by atoms with van der Waals surface area (Å²) in [5.41, 5.74) is 1.22. The second-order valence-electron chi connectivity index (χ2n) is 3.62. The zero-order chi connectivity index (χ0) is 11.4. The molecule has 0 fully saturated rings. The Bertz CT molecular complexity index is 361. The van der Waals surface area contributed by atoms with Crippen LogP contribution in [0.3, 0.4) is 0 Å². The molecular formula is C12H16O2S. The fraction of sp³-hybridized carbons (Fsp3) is 0.417. The number of aryl methyl sites for hydroxylation is 1. The highest BCUT2D eigenvalue weighted by Gasteiger charge is 2.08. The molecule has 82 valence electrons. The van der Waals surface area contributed by atoms with Gasteiger partial charge >= 0.3 is 5.97 Å². The SMILES string of the molecule is CCC(C)Sc1ccc(C(=O)O)c(C)c1. The van der Waals surface area contributed by atoms with Crippen molar-refractivity contribution in [3.05, 3.63) is 29.3 Å². The van der Waals surface area contributed by atoms with Crippen LogP contribution in [-0.2, 0) is 0 Å². The van der Waals surface area contributed by atoms with Crippen molar-refractivity contribution in [1.29, 1.82) is 0 Å². The van der Waals surface area contributed by atoms with Crippen LogP contribution >= 0.6 is 11.8 Å². The number of carboxylic acids is 1. The number of carboxylic acid groups (broad SMARTS) is 1. The summed E-state index contributed by atoms with van der Waals surface area (Å²) in [7, 11) is 0. The molecule has 0 aliphatic heterocycles. The number of rotatable bonds is 4. The molecule has 1 atom stereocenters. The van der Waals surface area contributed by atoms with Crippen LogP contribution in [0, 0.1) is 6.92 Å². The highest BCUT2D eigenvalue weighted by atomic mass is 32.2. The summed E-state index contributed by atoms with van der Waals surface area (Å²) >= 11 is 1.79. The third kappa shape index (κ3) is 3.27. The van der Waals surface area contributed by atoms with E-state index in [2.05, 4.69) is 13.8 Å². The fourth-order valence-electron chi connectivity index (χ4n) is 1.27.